The molecule has 0 atom stereocenters. The average Bonchev–Trinajstić information content (AvgIpc) is 2.95. The van der Waals surface area contributed by atoms with Crippen LogP contribution in [-0.2, 0) is 10.0 Å². The molecule has 0 unspecified atom stereocenters. The highest BCUT2D eigenvalue weighted by Gasteiger charge is 2.24. The maximum absolute atomic E-state index is 12.9. The standard InChI is InChI=1S/C16H11BrN2O3S/c1-22-16-13-9-11(10-18)19(15(13)8-7-14(16)17)23(20,21)12-5-3-2-4-6-12/h2-9H,1H3. The number of nitrogens with zero attached hydrogens (tertiary/aromatic N) is 2. The van der Waals surface area contributed by atoms with Gasteiger partial charge in [0.2, 0.25) is 0 Å². The van der Waals surface area contributed by atoms with Crippen molar-refractivity contribution < 1.29 is 13.2 Å². The van der Waals surface area contributed by atoms with Gasteiger partial charge in [0, 0.05) is 5.39 Å². The highest BCUT2D eigenvalue weighted by atomic mass is 79.9. The molecule has 1 aromatic heterocycles. The Bertz CT molecular complexity index is 1030. The normalized spacial score (nSPS) is 11.3. The summed E-state index contributed by atoms with van der Waals surface area (Å²) in [4.78, 5) is 0.121. The molecule has 0 aliphatic heterocycles. The highest BCUT2D eigenvalue weighted by Crippen LogP contribution is 2.36. The van der Waals surface area contributed by atoms with E-state index in [0.29, 0.717) is 21.1 Å². The molecule has 0 aliphatic rings. The lowest BCUT2D eigenvalue weighted by Crippen LogP contribution is -2.14. The molecule has 0 saturated carbocycles. The van der Waals surface area contributed by atoms with Crippen LogP contribution in [0.2, 0.25) is 0 Å². The van der Waals surface area contributed by atoms with Crippen LogP contribution in [0, 0.1) is 11.3 Å². The molecule has 0 amide bonds. The summed E-state index contributed by atoms with van der Waals surface area (Å²) in [6.07, 6.45) is 0. The Morgan fingerprint density at radius 2 is 1.87 bits per heavy atom. The quantitative estimate of drug-likeness (QED) is 0.685. The molecule has 0 bridgehead atoms. The van der Waals surface area contributed by atoms with Gasteiger partial charge < -0.3 is 4.74 Å². The van der Waals surface area contributed by atoms with Crippen molar-refractivity contribution in [3.05, 3.63) is 58.7 Å². The van der Waals surface area contributed by atoms with Crippen molar-refractivity contribution in [1.82, 2.24) is 3.97 Å². The second-order valence-electron chi connectivity index (χ2n) is 4.74. The van der Waals surface area contributed by atoms with Gasteiger partial charge in [-0.25, -0.2) is 12.4 Å². The molecule has 0 saturated heterocycles. The molecule has 23 heavy (non-hydrogen) atoms. The second-order valence-corrected chi connectivity index (χ2v) is 7.38. The van der Waals surface area contributed by atoms with Gasteiger partial charge in [0.1, 0.15) is 17.5 Å². The zero-order chi connectivity index (χ0) is 16.6. The third kappa shape index (κ3) is 2.40. The monoisotopic (exact) mass is 390 g/mol. The van der Waals surface area contributed by atoms with Crippen molar-refractivity contribution in [3.63, 3.8) is 0 Å². The van der Waals surface area contributed by atoms with Gasteiger partial charge in [-0.05, 0) is 46.3 Å². The first kappa shape index (κ1) is 15.6. The lowest BCUT2D eigenvalue weighted by Gasteiger charge is -2.10. The molecule has 0 N–H and O–H groups in total. The summed E-state index contributed by atoms with van der Waals surface area (Å²) in [5, 5.41) is 9.93. The zero-order valence-corrected chi connectivity index (χ0v) is 14.4. The predicted molar refractivity (Wildman–Crippen MR) is 89.9 cm³/mol. The van der Waals surface area contributed by atoms with Crippen LogP contribution in [0.4, 0.5) is 0 Å². The topological polar surface area (TPSA) is 72.1 Å². The van der Waals surface area contributed by atoms with E-state index in [9.17, 15) is 13.7 Å². The van der Waals surface area contributed by atoms with Gasteiger partial charge in [0.25, 0.3) is 10.0 Å². The van der Waals surface area contributed by atoms with Gasteiger partial charge in [0.15, 0.2) is 0 Å². The van der Waals surface area contributed by atoms with Crippen LogP contribution in [0.15, 0.2) is 57.9 Å². The molecule has 0 fully saturated rings. The maximum atomic E-state index is 12.9. The predicted octanol–water partition coefficient (Wildman–Crippen LogP) is 3.52. The van der Waals surface area contributed by atoms with Crippen LogP contribution in [0.5, 0.6) is 5.75 Å². The lowest BCUT2D eigenvalue weighted by molar-refractivity contribution is 0.417. The summed E-state index contributed by atoms with van der Waals surface area (Å²) < 4.78 is 32.9. The van der Waals surface area contributed by atoms with Crippen LogP contribution in [0.1, 0.15) is 5.69 Å². The summed E-state index contributed by atoms with van der Waals surface area (Å²) >= 11 is 3.36. The van der Waals surface area contributed by atoms with E-state index in [4.69, 9.17) is 4.74 Å². The number of rotatable bonds is 3. The third-order valence-electron chi connectivity index (χ3n) is 3.44. The zero-order valence-electron chi connectivity index (χ0n) is 12.0. The summed E-state index contributed by atoms with van der Waals surface area (Å²) in [5.41, 5.74) is 0.422. The fourth-order valence-corrected chi connectivity index (χ4v) is 4.44. The SMILES string of the molecule is COc1c(Br)ccc2c1cc(C#N)n2S(=O)(=O)c1ccccc1. The van der Waals surface area contributed by atoms with E-state index < -0.39 is 10.0 Å². The maximum Gasteiger partial charge on any atom is 0.269 e. The van der Waals surface area contributed by atoms with Gasteiger partial charge in [-0.2, -0.15) is 5.26 Å². The minimum Gasteiger partial charge on any atom is -0.495 e. The number of hydrogen-bond donors (Lipinski definition) is 0. The minimum absolute atomic E-state index is 0.0280. The first-order valence-electron chi connectivity index (χ1n) is 6.59. The van der Waals surface area contributed by atoms with Gasteiger partial charge >= 0.3 is 0 Å². The Morgan fingerprint density at radius 3 is 2.48 bits per heavy atom. The molecule has 2 aromatic carbocycles. The molecule has 0 radical (unpaired) electrons. The summed E-state index contributed by atoms with van der Waals surface area (Å²) in [6.45, 7) is 0. The molecule has 1 heterocycles. The Labute approximate surface area is 141 Å². The van der Waals surface area contributed by atoms with Crippen LogP contribution < -0.4 is 4.74 Å². The van der Waals surface area contributed by atoms with Gasteiger partial charge in [-0.15, -0.1) is 0 Å². The van der Waals surface area contributed by atoms with Crippen molar-refractivity contribution in [2.45, 2.75) is 4.90 Å². The second kappa shape index (κ2) is 5.72. The van der Waals surface area contributed by atoms with Crippen molar-refractivity contribution in [1.29, 1.82) is 5.26 Å². The van der Waals surface area contributed by atoms with E-state index in [0.717, 1.165) is 3.97 Å². The smallest absolute Gasteiger partial charge is 0.269 e. The van der Waals surface area contributed by atoms with Crippen LogP contribution in [0.3, 0.4) is 0 Å². The van der Waals surface area contributed by atoms with Gasteiger partial charge in [0.05, 0.1) is 22.0 Å². The Kier molecular flexibility index (Phi) is 3.88. The number of ether oxygens (including phenoxy) is 1. The fourth-order valence-electron chi connectivity index (χ4n) is 2.45. The molecule has 3 rings (SSSR count). The number of benzene rings is 2. The van der Waals surface area contributed by atoms with Crippen LogP contribution in [-0.4, -0.2) is 19.5 Å². The first-order valence-corrected chi connectivity index (χ1v) is 8.82. The van der Waals surface area contributed by atoms with Crippen LogP contribution >= 0.6 is 15.9 Å². The lowest BCUT2D eigenvalue weighted by atomic mass is 10.2. The van der Waals surface area contributed by atoms with E-state index >= 15 is 0 Å². The number of halogens is 1. The van der Waals surface area contributed by atoms with Crippen molar-refractivity contribution in [3.8, 4) is 11.8 Å². The number of aromatic nitrogens is 1. The van der Waals surface area contributed by atoms with E-state index in [-0.39, 0.29) is 10.6 Å². The van der Waals surface area contributed by atoms with Crippen molar-refractivity contribution in [2.75, 3.05) is 7.11 Å². The first-order chi connectivity index (χ1) is 11.0. The van der Waals surface area contributed by atoms with E-state index in [2.05, 4.69) is 15.9 Å². The summed E-state index contributed by atoms with van der Waals surface area (Å²) in [7, 11) is -2.38. The van der Waals surface area contributed by atoms with E-state index in [1.165, 1.54) is 25.3 Å². The van der Waals surface area contributed by atoms with Crippen LogP contribution in [0.25, 0.3) is 10.9 Å². The molecule has 0 aliphatic carbocycles. The molecular formula is C16H11BrN2O3S. The van der Waals surface area contributed by atoms with Crippen molar-refractivity contribution in [2.24, 2.45) is 0 Å². The Morgan fingerprint density at radius 1 is 1.17 bits per heavy atom. The number of fused-ring (bicyclic) bond motifs is 1. The Hall–Kier alpha value is -2.30. The molecule has 5 nitrogen and oxygen atoms in total. The molecule has 0 spiro atoms. The van der Waals surface area contributed by atoms with Gasteiger partial charge in [-0.1, -0.05) is 18.2 Å². The molecule has 7 heteroatoms. The number of methoxy groups -OCH3 is 1. The summed E-state index contributed by atoms with van der Waals surface area (Å²) in [6, 6.07) is 14.8. The number of hydrogen-bond acceptors (Lipinski definition) is 4. The molecule has 3 aromatic rings. The largest absolute Gasteiger partial charge is 0.495 e. The minimum atomic E-state index is -3.88. The third-order valence-corrected chi connectivity index (χ3v) is 5.81. The highest BCUT2D eigenvalue weighted by molar-refractivity contribution is 9.10. The fraction of sp³-hybridized carbons (Fsp3) is 0.0625. The van der Waals surface area contributed by atoms with Crippen molar-refractivity contribution >= 4 is 36.9 Å². The van der Waals surface area contributed by atoms with Gasteiger partial charge in [-0.3, -0.25) is 0 Å². The van der Waals surface area contributed by atoms with E-state index in [1.54, 1.807) is 30.3 Å². The molecule has 116 valence electrons. The molecular weight excluding hydrogens is 380 g/mol. The Balaban J connectivity index is 2.41. The van der Waals surface area contributed by atoms with E-state index in [1.807, 2.05) is 6.07 Å². The summed E-state index contributed by atoms with van der Waals surface area (Å²) in [5.74, 6) is 0.487. The number of nitriles is 1. The average molecular weight is 391 g/mol.